The Morgan fingerprint density at radius 2 is 1.73 bits per heavy atom. The second-order valence-corrected chi connectivity index (χ2v) is 13.6. The number of hydrogen-bond donors (Lipinski definition) is 0. The third kappa shape index (κ3) is 6.94. The fraction of sp³-hybridized carbons (Fsp3) is 0.312. The van der Waals surface area contributed by atoms with Crippen LogP contribution in [0.5, 0.6) is 5.75 Å². The Bertz CT molecular complexity index is 1810. The molecule has 0 radical (unpaired) electrons. The van der Waals surface area contributed by atoms with Gasteiger partial charge in [-0.3, -0.25) is 19.5 Å². The van der Waals surface area contributed by atoms with Crippen molar-refractivity contribution < 1.29 is 14.5 Å². The SMILES string of the molecule is CC(C)(C)c1ccc(OCc2nnc(SCC(=O)N3CCN(c4nc5ccc([N+](=O)[O-])cc5s4)CC3)n2-c2ccccc2)cc1. The molecule has 0 N–H and O–H groups in total. The number of benzene rings is 3. The van der Waals surface area contributed by atoms with Crippen molar-refractivity contribution in [2.75, 3.05) is 36.8 Å². The van der Waals surface area contributed by atoms with Gasteiger partial charge < -0.3 is 14.5 Å². The van der Waals surface area contributed by atoms with Gasteiger partial charge in [-0.05, 0) is 41.3 Å². The maximum atomic E-state index is 13.2. The second-order valence-electron chi connectivity index (χ2n) is 11.7. The van der Waals surface area contributed by atoms with Crippen molar-refractivity contribution in [2.24, 2.45) is 0 Å². The summed E-state index contributed by atoms with van der Waals surface area (Å²) >= 11 is 2.79. The Kier molecular flexibility index (Phi) is 8.72. The summed E-state index contributed by atoms with van der Waals surface area (Å²) in [6, 6.07) is 22.6. The highest BCUT2D eigenvalue weighted by Gasteiger charge is 2.25. The second kappa shape index (κ2) is 12.9. The highest BCUT2D eigenvalue weighted by atomic mass is 32.2. The highest BCUT2D eigenvalue weighted by Crippen LogP contribution is 2.32. The lowest BCUT2D eigenvalue weighted by Crippen LogP contribution is -2.49. The Balaban J connectivity index is 1.08. The molecule has 3 heterocycles. The summed E-state index contributed by atoms with van der Waals surface area (Å²) in [4.78, 5) is 32.6. The molecule has 0 unspecified atom stereocenters. The number of aromatic nitrogens is 4. The molecule has 0 atom stereocenters. The molecule has 3 aromatic carbocycles. The van der Waals surface area contributed by atoms with E-state index in [0.717, 1.165) is 26.8 Å². The van der Waals surface area contributed by atoms with Gasteiger partial charge >= 0.3 is 0 Å². The largest absolute Gasteiger partial charge is 0.486 e. The van der Waals surface area contributed by atoms with Gasteiger partial charge in [-0.15, -0.1) is 10.2 Å². The van der Waals surface area contributed by atoms with Crippen molar-refractivity contribution in [2.45, 2.75) is 37.9 Å². The van der Waals surface area contributed by atoms with Gasteiger partial charge in [0.15, 0.2) is 16.1 Å². The minimum absolute atomic E-state index is 0.0268. The van der Waals surface area contributed by atoms with Crippen LogP contribution in [0.2, 0.25) is 0 Å². The first-order chi connectivity index (χ1) is 21.7. The Hall–Kier alpha value is -4.49. The van der Waals surface area contributed by atoms with Crippen molar-refractivity contribution in [1.29, 1.82) is 0 Å². The lowest BCUT2D eigenvalue weighted by Gasteiger charge is -2.34. The van der Waals surface area contributed by atoms with Gasteiger partial charge in [0, 0.05) is 44.0 Å². The molecule has 232 valence electrons. The van der Waals surface area contributed by atoms with E-state index >= 15 is 0 Å². The van der Waals surface area contributed by atoms with Crippen LogP contribution in [0.15, 0.2) is 78.0 Å². The molecular formula is C32H33N7O4S2. The lowest BCUT2D eigenvalue weighted by atomic mass is 9.87. The van der Waals surface area contributed by atoms with E-state index in [1.165, 1.54) is 34.7 Å². The van der Waals surface area contributed by atoms with Crippen molar-refractivity contribution in [3.63, 3.8) is 0 Å². The number of non-ortho nitro benzene ring substituents is 1. The number of thiazole rings is 1. The zero-order valence-corrected chi connectivity index (χ0v) is 26.9. The van der Waals surface area contributed by atoms with E-state index in [9.17, 15) is 14.9 Å². The van der Waals surface area contributed by atoms with Crippen LogP contribution in [-0.4, -0.2) is 67.4 Å². The summed E-state index contributed by atoms with van der Waals surface area (Å²) in [5, 5.41) is 21.4. The number of rotatable bonds is 9. The standard InChI is InChI=1S/C32H33N7O4S2/c1-32(2,3)22-9-12-25(13-10-22)43-20-28-34-35-31(38(28)23-7-5-4-6-8-23)44-21-29(40)36-15-17-37(18-16-36)30-33-26-14-11-24(39(41)42)19-27(26)45-30/h4-14,19H,15-18,20-21H2,1-3H3. The van der Waals surface area contributed by atoms with Gasteiger partial charge in [-0.1, -0.05) is 74.2 Å². The number of nitro benzene ring substituents is 1. The maximum absolute atomic E-state index is 13.2. The van der Waals surface area contributed by atoms with Gasteiger partial charge in [0.1, 0.15) is 12.4 Å². The Labute approximate surface area is 269 Å². The Morgan fingerprint density at radius 1 is 1.00 bits per heavy atom. The highest BCUT2D eigenvalue weighted by molar-refractivity contribution is 7.99. The fourth-order valence-corrected chi connectivity index (χ4v) is 6.96. The van der Waals surface area contributed by atoms with Crippen LogP contribution in [0, 0.1) is 10.1 Å². The van der Waals surface area contributed by atoms with Crippen molar-refractivity contribution in [3.05, 3.63) is 94.3 Å². The summed E-state index contributed by atoms with van der Waals surface area (Å²) < 4.78 is 8.81. The Morgan fingerprint density at radius 3 is 2.42 bits per heavy atom. The molecule has 1 saturated heterocycles. The van der Waals surface area contributed by atoms with Crippen LogP contribution in [-0.2, 0) is 16.8 Å². The minimum atomic E-state index is -0.398. The van der Waals surface area contributed by atoms with E-state index < -0.39 is 4.92 Å². The number of hydrogen-bond acceptors (Lipinski definition) is 10. The number of carbonyl (C=O) groups is 1. The van der Waals surface area contributed by atoms with Gasteiger partial charge in [-0.25, -0.2) is 4.98 Å². The number of nitro groups is 1. The first kappa shape index (κ1) is 30.5. The van der Waals surface area contributed by atoms with Gasteiger partial charge in [0.05, 0.1) is 20.9 Å². The van der Waals surface area contributed by atoms with Crippen LogP contribution in [0.4, 0.5) is 10.8 Å². The monoisotopic (exact) mass is 643 g/mol. The van der Waals surface area contributed by atoms with Gasteiger partial charge in [-0.2, -0.15) is 0 Å². The molecule has 0 bridgehead atoms. The topological polar surface area (TPSA) is 120 Å². The summed E-state index contributed by atoms with van der Waals surface area (Å²) in [6.07, 6.45) is 0. The number of ether oxygens (including phenoxy) is 1. The van der Waals surface area contributed by atoms with Crippen LogP contribution in [0.1, 0.15) is 32.2 Å². The van der Waals surface area contributed by atoms with Crippen molar-refractivity contribution in [3.8, 4) is 11.4 Å². The zero-order chi connectivity index (χ0) is 31.6. The molecule has 0 aliphatic carbocycles. The zero-order valence-electron chi connectivity index (χ0n) is 25.3. The number of thioether (sulfide) groups is 1. The van der Waals surface area contributed by atoms with Crippen LogP contribution in [0.25, 0.3) is 15.9 Å². The van der Waals surface area contributed by atoms with Gasteiger partial charge in [0.2, 0.25) is 5.91 Å². The van der Waals surface area contributed by atoms with E-state index in [4.69, 9.17) is 4.74 Å². The summed E-state index contributed by atoms with van der Waals surface area (Å²) in [6.45, 7) is 9.16. The molecule has 6 rings (SSSR count). The third-order valence-corrected chi connectivity index (χ3v) is 9.59. The van der Waals surface area contributed by atoms with Crippen molar-refractivity contribution >= 4 is 50.0 Å². The molecule has 2 aromatic heterocycles. The molecule has 1 aliphatic rings. The molecule has 1 aliphatic heterocycles. The molecule has 11 nitrogen and oxygen atoms in total. The number of fused-ring (bicyclic) bond motifs is 1. The number of amides is 1. The molecule has 1 amide bonds. The van der Waals surface area contributed by atoms with E-state index in [1.54, 1.807) is 12.1 Å². The number of para-hydroxylation sites is 1. The van der Waals surface area contributed by atoms with Crippen molar-refractivity contribution in [1.82, 2.24) is 24.6 Å². The number of piperazine rings is 1. The summed E-state index contributed by atoms with van der Waals surface area (Å²) in [5.74, 6) is 1.65. The lowest BCUT2D eigenvalue weighted by molar-refractivity contribution is -0.384. The molecular weight excluding hydrogens is 611 g/mol. The molecule has 0 saturated carbocycles. The average Bonchev–Trinajstić information content (AvgIpc) is 3.66. The molecule has 0 spiro atoms. The maximum Gasteiger partial charge on any atom is 0.270 e. The summed E-state index contributed by atoms with van der Waals surface area (Å²) in [5.41, 5.74) is 2.98. The third-order valence-electron chi connectivity index (χ3n) is 7.60. The quantitative estimate of drug-likeness (QED) is 0.107. The smallest absolute Gasteiger partial charge is 0.270 e. The first-order valence-electron chi connectivity index (χ1n) is 14.6. The van der Waals surface area contributed by atoms with Crippen LogP contribution >= 0.6 is 23.1 Å². The molecule has 45 heavy (non-hydrogen) atoms. The first-order valence-corrected chi connectivity index (χ1v) is 16.4. The van der Waals surface area contributed by atoms with E-state index in [2.05, 4.69) is 53.0 Å². The van der Waals surface area contributed by atoms with Crippen LogP contribution < -0.4 is 9.64 Å². The van der Waals surface area contributed by atoms with E-state index in [1.807, 2.05) is 51.9 Å². The van der Waals surface area contributed by atoms with E-state index in [0.29, 0.717) is 37.2 Å². The number of carbonyl (C=O) groups excluding carboxylic acids is 1. The average molecular weight is 644 g/mol. The fourth-order valence-electron chi connectivity index (χ4n) is 5.04. The number of anilines is 1. The molecule has 5 aromatic rings. The number of nitrogens with zero attached hydrogens (tertiary/aromatic N) is 7. The predicted octanol–water partition coefficient (Wildman–Crippen LogP) is 6.10. The van der Waals surface area contributed by atoms with Crippen LogP contribution in [0.3, 0.4) is 0 Å². The molecule has 13 heteroatoms. The van der Waals surface area contributed by atoms with E-state index in [-0.39, 0.29) is 29.4 Å². The molecule has 1 fully saturated rings. The van der Waals surface area contributed by atoms with Gasteiger partial charge in [0.25, 0.3) is 5.69 Å². The summed E-state index contributed by atoms with van der Waals surface area (Å²) in [7, 11) is 0. The minimum Gasteiger partial charge on any atom is -0.486 e. The normalized spacial score (nSPS) is 13.8. The predicted molar refractivity (Wildman–Crippen MR) is 177 cm³/mol.